The molecule has 6 nitrogen and oxygen atoms in total. The van der Waals surface area contributed by atoms with Crippen molar-refractivity contribution in [1.29, 1.82) is 0 Å². The van der Waals surface area contributed by atoms with Crippen LogP contribution in [0.25, 0.3) is 16.9 Å². The summed E-state index contributed by atoms with van der Waals surface area (Å²) in [7, 11) is 1.90. The van der Waals surface area contributed by atoms with Crippen molar-refractivity contribution in [1.82, 2.24) is 14.6 Å². The van der Waals surface area contributed by atoms with E-state index < -0.39 is 0 Å². The van der Waals surface area contributed by atoms with Crippen LogP contribution < -0.4 is 4.90 Å². The van der Waals surface area contributed by atoms with Gasteiger partial charge in [0.2, 0.25) is 5.88 Å². The zero-order chi connectivity index (χ0) is 16.5. The van der Waals surface area contributed by atoms with Crippen LogP contribution in [0.3, 0.4) is 0 Å². The molecule has 120 valence electrons. The first-order valence-corrected chi connectivity index (χ1v) is 7.58. The minimum absolute atomic E-state index is 0.00445. The van der Waals surface area contributed by atoms with Crippen molar-refractivity contribution in [2.75, 3.05) is 11.9 Å². The Hall–Kier alpha value is -3.12. The lowest BCUT2D eigenvalue weighted by atomic mass is 10.1. The van der Waals surface area contributed by atoms with Crippen molar-refractivity contribution >= 4 is 17.3 Å². The van der Waals surface area contributed by atoms with Crippen LogP contribution in [0.2, 0.25) is 0 Å². The fourth-order valence-electron chi connectivity index (χ4n) is 2.64. The molecule has 6 heteroatoms. The SMILES string of the molecule is CN(c1ccc2ncc(-c3cccc(CO)c3)n2n1)c1ccco1. The molecule has 4 rings (SSSR count). The Bertz CT molecular complexity index is 976. The maximum Gasteiger partial charge on any atom is 0.200 e. The summed E-state index contributed by atoms with van der Waals surface area (Å²) in [6.45, 7) is 0.00445. The van der Waals surface area contributed by atoms with E-state index in [4.69, 9.17) is 4.42 Å². The number of aliphatic hydroxyl groups is 1. The summed E-state index contributed by atoms with van der Waals surface area (Å²) in [6, 6.07) is 15.3. The molecule has 0 radical (unpaired) electrons. The molecule has 1 N–H and O–H groups in total. The lowest BCUT2D eigenvalue weighted by molar-refractivity contribution is 0.282. The highest BCUT2D eigenvalue weighted by molar-refractivity contribution is 5.65. The second-order valence-electron chi connectivity index (χ2n) is 5.47. The number of benzene rings is 1. The number of aromatic nitrogens is 3. The highest BCUT2D eigenvalue weighted by Gasteiger charge is 2.12. The van der Waals surface area contributed by atoms with Crippen LogP contribution in [-0.2, 0) is 6.61 Å². The molecule has 3 heterocycles. The number of fused-ring (bicyclic) bond motifs is 1. The van der Waals surface area contributed by atoms with Gasteiger partial charge in [-0.15, -0.1) is 5.10 Å². The number of hydrogen-bond donors (Lipinski definition) is 1. The summed E-state index contributed by atoms with van der Waals surface area (Å²) in [5.74, 6) is 1.46. The van der Waals surface area contributed by atoms with Gasteiger partial charge in [0.25, 0.3) is 0 Å². The maximum absolute atomic E-state index is 9.34. The first-order chi connectivity index (χ1) is 11.8. The Labute approximate surface area is 138 Å². The van der Waals surface area contributed by atoms with Crippen LogP contribution in [0.4, 0.5) is 11.7 Å². The first kappa shape index (κ1) is 14.5. The van der Waals surface area contributed by atoms with Crippen LogP contribution in [0, 0.1) is 0 Å². The van der Waals surface area contributed by atoms with Crippen molar-refractivity contribution in [3.05, 3.63) is 66.6 Å². The van der Waals surface area contributed by atoms with Crippen molar-refractivity contribution in [3.63, 3.8) is 0 Å². The Morgan fingerprint density at radius 1 is 1.17 bits per heavy atom. The number of anilines is 2. The molecular weight excluding hydrogens is 304 g/mol. The van der Waals surface area contributed by atoms with E-state index in [0.717, 1.165) is 28.3 Å². The van der Waals surface area contributed by atoms with Crippen LogP contribution in [0.5, 0.6) is 0 Å². The van der Waals surface area contributed by atoms with Crippen molar-refractivity contribution in [3.8, 4) is 11.3 Å². The van der Waals surface area contributed by atoms with Crippen LogP contribution in [0.15, 0.2) is 65.4 Å². The highest BCUT2D eigenvalue weighted by Crippen LogP contribution is 2.25. The Morgan fingerprint density at radius 2 is 2.08 bits per heavy atom. The van der Waals surface area contributed by atoms with Gasteiger partial charge in [-0.1, -0.05) is 18.2 Å². The second-order valence-corrected chi connectivity index (χ2v) is 5.47. The summed E-state index contributed by atoms with van der Waals surface area (Å²) >= 11 is 0. The van der Waals surface area contributed by atoms with Crippen LogP contribution in [0.1, 0.15) is 5.56 Å². The summed E-state index contributed by atoms with van der Waals surface area (Å²) in [5.41, 5.74) is 3.44. The van der Waals surface area contributed by atoms with Gasteiger partial charge >= 0.3 is 0 Å². The molecule has 0 aliphatic heterocycles. The number of nitrogens with zero attached hydrogens (tertiary/aromatic N) is 4. The number of rotatable bonds is 4. The zero-order valence-corrected chi connectivity index (χ0v) is 13.1. The summed E-state index contributed by atoms with van der Waals surface area (Å²) < 4.78 is 7.22. The average Bonchev–Trinajstić information content (AvgIpc) is 3.30. The number of aliphatic hydroxyl groups excluding tert-OH is 1. The minimum atomic E-state index is 0.00445. The molecule has 3 aromatic heterocycles. The largest absolute Gasteiger partial charge is 0.448 e. The summed E-state index contributed by atoms with van der Waals surface area (Å²) in [5, 5.41) is 14.0. The third-order valence-corrected chi connectivity index (χ3v) is 3.93. The molecule has 0 atom stereocenters. The van der Waals surface area contributed by atoms with Gasteiger partial charge in [0.05, 0.1) is 24.8 Å². The molecule has 0 saturated carbocycles. The summed E-state index contributed by atoms with van der Waals surface area (Å²) in [4.78, 5) is 6.28. The first-order valence-electron chi connectivity index (χ1n) is 7.58. The molecule has 0 amide bonds. The molecule has 0 spiro atoms. The van der Waals surface area contributed by atoms with E-state index in [0.29, 0.717) is 5.88 Å². The van der Waals surface area contributed by atoms with Gasteiger partial charge in [0.1, 0.15) is 0 Å². The third-order valence-electron chi connectivity index (χ3n) is 3.93. The summed E-state index contributed by atoms with van der Waals surface area (Å²) in [6.07, 6.45) is 3.42. The van der Waals surface area contributed by atoms with E-state index in [1.54, 1.807) is 17.0 Å². The normalized spacial score (nSPS) is 11.1. The standard InChI is InChI=1S/C18H16N4O2/c1-21(18-6-3-9-24-18)17-8-7-16-19-11-15(22(16)20-17)14-5-2-4-13(10-14)12-23/h2-11,23H,12H2,1H3. The topological polar surface area (TPSA) is 66.8 Å². The fraction of sp³-hybridized carbons (Fsp3) is 0.111. The minimum Gasteiger partial charge on any atom is -0.448 e. The Morgan fingerprint density at radius 3 is 2.88 bits per heavy atom. The van der Waals surface area contributed by atoms with E-state index in [2.05, 4.69) is 10.1 Å². The lowest BCUT2D eigenvalue weighted by Crippen LogP contribution is -2.12. The molecule has 1 aromatic carbocycles. The van der Waals surface area contributed by atoms with Gasteiger partial charge in [0, 0.05) is 18.7 Å². The van der Waals surface area contributed by atoms with E-state index >= 15 is 0 Å². The molecule has 0 unspecified atom stereocenters. The smallest absolute Gasteiger partial charge is 0.200 e. The molecule has 0 aliphatic rings. The predicted octanol–water partition coefficient (Wildman–Crippen LogP) is 3.25. The number of hydrogen-bond acceptors (Lipinski definition) is 5. The van der Waals surface area contributed by atoms with Gasteiger partial charge in [-0.05, 0) is 29.8 Å². The number of imidazole rings is 1. The lowest BCUT2D eigenvalue weighted by Gasteiger charge is -2.15. The monoisotopic (exact) mass is 320 g/mol. The van der Waals surface area contributed by atoms with Gasteiger partial charge in [-0.3, -0.25) is 4.90 Å². The molecular formula is C18H16N4O2. The molecule has 0 fully saturated rings. The van der Waals surface area contributed by atoms with E-state index in [1.165, 1.54) is 0 Å². The molecule has 24 heavy (non-hydrogen) atoms. The molecule has 0 aliphatic carbocycles. The van der Waals surface area contributed by atoms with Gasteiger partial charge in [-0.25, -0.2) is 9.50 Å². The molecule has 0 bridgehead atoms. The third kappa shape index (κ3) is 2.43. The van der Waals surface area contributed by atoms with E-state index in [-0.39, 0.29) is 6.61 Å². The zero-order valence-electron chi connectivity index (χ0n) is 13.1. The van der Waals surface area contributed by atoms with E-state index in [1.807, 2.05) is 60.5 Å². The van der Waals surface area contributed by atoms with Gasteiger partial charge in [-0.2, -0.15) is 0 Å². The Balaban J connectivity index is 1.81. The number of furan rings is 1. The fourth-order valence-corrected chi connectivity index (χ4v) is 2.64. The van der Waals surface area contributed by atoms with Crippen LogP contribution >= 0.6 is 0 Å². The van der Waals surface area contributed by atoms with Gasteiger partial charge < -0.3 is 9.52 Å². The molecule has 4 aromatic rings. The highest BCUT2D eigenvalue weighted by atomic mass is 16.3. The van der Waals surface area contributed by atoms with Crippen molar-refractivity contribution in [2.45, 2.75) is 6.61 Å². The van der Waals surface area contributed by atoms with Crippen LogP contribution in [-0.4, -0.2) is 26.8 Å². The van der Waals surface area contributed by atoms with Gasteiger partial charge in [0.15, 0.2) is 11.5 Å². The quantitative estimate of drug-likeness (QED) is 0.625. The maximum atomic E-state index is 9.34. The predicted molar refractivity (Wildman–Crippen MR) is 91.1 cm³/mol. The Kier molecular flexibility index (Phi) is 3.51. The second kappa shape index (κ2) is 5.82. The van der Waals surface area contributed by atoms with Crippen molar-refractivity contribution in [2.24, 2.45) is 0 Å². The van der Waals surface area contributed by atoms with E-state index in [9.17, 15) is 5.11 Å². The van der Waals surface area contributed by atoms with Crippen molar-refractivity contribution < 1.29 is 9.52 Å². The average molecular weight is 320 g/mol. The molecule has 0 saturated heterocycles.